The van der Waals surface area contributed by atoms with E-state index >= 15 is 0 Å². The van der Waals surface area contributed by atoms with Crippen LogP contribution in [0, 0.1) is 5.82 Å². The molecule has 0 bridgehead atoms. The highest BCUT2D eigenvalue weighted by Gasteiger charge is 2.34. The first-order valence-corrected chi connectivity index (χ1v) is 11.8. The van der Waals surface area contributed by atoms with Crippen molar-refractivity contribution in [3.63, 3.8) is 0 Å². The third-order valence-corrected chi connectivity index (χ3v) is 7.16. The highest BCUT2D eigenvalue weighted by molar-refractivity contribution is 8.00. The van der Waals surface area contributed by atoms with Gasteiger partial charge in [-0.15, -0.1) is 10.2 Å². The van der Waals surface area contributed by atoms with Gasteiger partial charge >= 0.3 is 0 Å². The van der Waals surface area contributed by atoms with Gasteiger partial charge in [0.05, 0.1) is 22.3 Å². The summed E-state index contributed by atoms with van der Waals surface area (Å²) < 4.78 is 15.6. The summed E-state index contributed by atoms with van der Waals surface area (Å²) in [6.45, 7) is 1.53. The minimum absolute atomic E-state index is 0.0402. The number of thioether (sulfide) groups is 1. The smallest absolute Gasteiger partial charge is 0.265 e. The summed E-state index contributed by atoms with van der Waals surface area (Å²) in [5, 5.41) is 9.49. The van der Waals surface area contributed by atoms with Crippen molar-refractivity contribution in [3.8, 4) is 5.69 Å². The second-order valence-corrected chi connectivity index (χ2v) is 9.60. The molecule has 0 saturated heterocycles. The van der Waals surface area contributed by atoms with E-state index in [1.807, 2.05) is 6.07 Å². The molecule has 0 unspecified atom stereocenters. The Morgan fingerprint density at radius 1 is 1.19 bits per heavy atom. The number of amides is 1. The third-order valence-electron chi connectivity index (χ3n) is 5.11. The minimum atomic E-state index is -0.376. The van der Waals surface area contributed by atoms with Crippen LogP contribution >= 0.6 is 23.1 Å². The number of rotatable bonds is 6. The minimum Gasteiger partial charge on any atom is -0.284 e. The van der Waals surface area contributed by atoms with Crippen molar-refractivity contribution in [1.82, 2.24) is 19.7 Å². The summed E-state index contributed by atoms with van der Waals surface area (Å²) in [6.07, 6.45) is 1.96. The number of nitrogens with zero attached hydrogens (tertiary/aromatic N) is 5. The summed E-state index contributed by atoms with van der Waals surface area (Å²) in [5.74, 6) is 0.461. The van der Waals surface area contributed by atoms with Crippen LogP contribution in [-0.4, -0.2) is 31.7 Å². The number of anilines is 1. The van der Waals surface area contributed by atoms with Crippen molar-refractivity contribution in [1.29, 1.82) is 0 Å². The Bertz CT molecular complexity index is 1370. The molecule has 7 nitrogen and oxygen atoms in total. The second-order valence-electron chi connectivity index (χ2n) is 7.42. The Labute approximate surface area is 190 Å². The Morgan fingerprint density at radius 2 is 1.94 bits per heavy atom. The van der Waals surface area contributed by atoms with Crippen LogP contribution in [0.15, 0.2) is 57.7 Å². The number of halogens is 1. The van der Waals surface area contributed by atoms with Gasteiger partial charge in [0.25, 0.3) is 5.56 Å². The molecule has 1 amide bonds. The van der Waals surface area contributed by atoms with E-state index in [0.29, 0.717) is 37.6 Å². The third kappa shape index (κ3) is 4.03. The second kappa shape index (κ2) is 8.44. The molecule has 1 fully saturated rings. The summed E-state index contributed by atoms with van der Waals surface area (Å²) in [4.78, 5) is 31.6. The van der Waals surface area contributed by atoms with Crippen molar-refractivity contribution in [2.45, 2.75) is 35.9 Å². The zero-order valence-electron chi connectivity index (χ0n) is 17.1. The molecular weight excluding hydrogens is 449 g/mol. The normalized spacial score (nSPS) is 13.4. The van der Waals surface area contributed by atoms with E-state index in [2.05, 4.69) is 10.2 Å². The molecule has 0 N–H and O–H groups in total. The van der Waals surface area contributed by atoms with Gasteiger partial charge in [0, 0.05) is 13.0 Å². The van der Waals surface area contributed by atoms with E-state index < -0.39 is 0 Å². The lowest BCUT2D eigenvalue weighted by Crippen LogP contribution is -2.30. The molecule has 0 radical (unpaired) electrons. The van der Waals surface area contributed by atoms with Gasteiger partial charge < -0.3 is 0 Å². The van der Waals surface area contributed by atoms with Gasteiger partial charge in [-0.3, -0.25) is 19.1 Å². The van der Waals surface area contributed by atoms with E-state index in [9.17, 15) is 14.0 Å². The van der Waals surface area contributed by atoms with Crippen LogP contribution in [-0.2, 0) is 10.5 Å². The first kappa shape index (κ1) is 20.8. The fourth-order valence-corrected chi connectivity index (χ4v) is 5.37. The predicted molar refractivity (Wildman–Crippen MR) is 123 cm³/mol. The van der Waals surface area contributed by atoms with E-state index in [4.69, 9.17) is 4.98 Å². The molecule has 2 aromatic heterocycles. The Hall–Kier alpha value is -3.11. The molecule has 1 aliphatic carbocycles. The molecular formula is C22H18FN5O2S2. The van der Waals surface area contributed by atoms with Crippen LogP contribution < -0.4 is 10.5 Å². The molecule has 0 atom stereocenters. The highest BCUT2D eigenvalue weighted by atomic mass is 32.2. The Morgan fingerprint density at radius 3 is 2.66 bits per heavy atom. The molecule has 4 aromatic rings. The maximum absolute atomic E-state index is 13.5. The number of carbonyl (C=O) groups is 1. The topological polar surface area (TPSA) is 81.0 Å². The molecule has 1 aliphatic rings. The van der Waals surface area contributed by atoms with Crippen LogP contribution in [0.2, 0.25) is 0 Å². The first-order valence-electron chi connectivity index (χ1n) is 10.0. The van der Waals surface area contributed by atoms with E-state index in [1.165, 1.54) is 46.7 Å². The fraction of sp³-hybridized carbons (Fsp3) is 0.227. The Balaban J connectivity index is 1.49. The molecule has 162 valence electrons. The number of hydrogen-bond acceptors (Lipinski definition) is 7. The molecule has 1 saturated carbocycles. The average molecular weight is 468 g/mol. The lowest BCUT2D eigenvalue weighted by atomic mass is 10.2. The first-order chi connectivity index (χ1) is 15.5. The summed E-state index contributed by atoms with van der Waals surface area (Å²) in [6, 6.07) is 13.1. The molecule has 10 heteroatoms. The quantitative estimate of drug-likeness (QED) is 0.313. The van der Waals surface area contributed by atoms with Crippen molar-refractivity contribution in [2.75, 3.05) is 4.90 Å². The number of benzene rings is 2. The SMILES string of the molecule is CC(=O)N(c1nnc(SCc2nc3ccccc3c(=O)n2-c2ccc(F)cc2)s1)C1CC1. The number of fused-ring (bicyclic) bond motifs is 1. The monoisotopic (exact) mass is 467 g/mol. The van der Waals surface area contributed by atoms with E-state index in [-0.39, 0.29) is 23.3 Å². The van der Waals surface area contributed by atoms with Crippen LogP contribution in [0.4, 0.5) is 9.52 Å². The fourth-order valence-electron chi connectivity index (χ4n) is 3.50. The molecule has 2 aromatic carbocycles. The van der Waals surface area contributed by atoms with Gasteiger partial charge in [-0.1, -0.05) is 35.2 Å². The molecule has 0 aliphatic heterocycles. The van der Waals surface area contributed by atoms with Gasteiger partial charge in [-0.2, -0.15) is 0 Å². The van der Waals surface area contributed by atoms with E-state index in [1.54, 1.807) is 35.2 Å². The summed E-state index contributed by atoms with van der Waals surface area (Å²) >= 11 is 2.74. The lowest BCUT2D eigenvalue weighted by Gasteiger charge is -2.15. The number of carbonyl (C=O) groups excluding carboxylic acids is 1. The van der Waals surface area contributed by atoms with Gasteiger partial charge in [0.15, 0.2) is 4.34 Å². The molecule has 0 spiro atoms. The van der Waals surface area contributed by atoms with Gasteiger partial charge in [0.1, 0.15) is 11.6 Å². The Kier molecular flexibility index (Phi) is 5.48. The highest BCUT2D eigenvalue weighted by Crippen LogP contribution is 2.36. The van der Waals surface area contributed by atoms with Gasteiger partial charge in [-0.05, 0) is 49.2 Å². The van der Waals surface area contributed by atoms with E-state index in [0.717, 1.165) is 12.8 Å². The standard InChI is InChI=1S/C22H18FN5O2S2/c1-13(29)27(15-10-11-15)21-25-26-22(32-21)31-12-19-24-18-5-3-2-4-17(18)20(30)28(19)16-8-6-14(23)7-9-16/h2-9,15H,10-12H2,1H3. The maximum atomic E-state index is 13.5. The van der Waals surface area contributed by atoms with Crippen molar-refractivity contribution >= 4 is 45.0 Å². The zero-order valence-corrected chi connectivity index (χ0v) is 18.7. The van der Waals surface area contributed by atoms with Gasteiger partial charge in [0.2, 0.25) is 11.0 Å². The number of hydrogen-bond donors (Lipinski definition) is 0. The maximum Gasteiger partial charge on any atom is 0.265 e. The van der Waals surface area contributed by atoms with Crippen molar-refractivity contribution in [3.05, 3.63) is 70.5 Å². The molecule has 32 heavy (non-hydrogen) atoms. The number of para-hydroxylation sites is 1. The van der Waals surface area contributed by atoms with Crippen LogP contribution in [0.5, 0.6) is 0 Å². The molecule has 5 rings (SSSR count). The van der Waals surface area contributed by atoms with Crippen LogP contribution in [0.3, 0.4) is 0 Å². The molecule has 2 heterocycles. The van der Waals surface area contributed by atoms with Crippen molar-refractivity contribution in [2.24, 2.45) is 0 Å². The number of aromatic nitrogens is 4. The largest absolute Gasteiger partial charge is 0.284 e. The van der Waals surface area contributed by atoms with Gasteiger partial charge in [-0.25, -0.2) is 9.37 Å². The summed E-state index contributed by atoms with van der Waals surface area (Å²) in [7, 11) is 0. The predicted octanol–water partition coefficient (Wildman–Crippen LogP) is 4.18. The van der Waals surface area contributed by atoms with Crippen LogP contribution in [0.1, 0.15) is 25.6 Å². The summed E-state index contributed by atoms with van der Waals surface area (Å²) in [5.41, 5.74) is 0.924. The average Bonchev–Trinajstić information content (AvgIpc) is 3.50. The zero-order chi connectivity index (χ0) is 22.2. The lowest BCUT2D eigenvalue weighted by molar-refractivity contribution is -0.116. The van der Waals surface area contributed by atoms with Crippen LogP contribution in [0.25, 0.3) is 16.6 Å². The van der Waals surface area contributed by atoms with Crippen molar-refractivity contribution < 1.29 is 9.18 Å².